The minimum atomic E-state index is -0.412. The standard InChI is InChI=1S/C13H11Cl2NO2/c1-7-10(14)3-2-8-6-9(12(15)16-11(7)8)13-17-4-5-18-13/h2-3,6,13H,4-5H2,1H3. The Morgan fingerprint density at radius 1 is 1.22 bits per heavy atom. The lowest BCUT2D eigenvalue weighted by Crippen LogP contribution is -2.01. The van der Waals surface area contributed by atoms with Crippen molar-refractivity contribution in [1.82, 2.24) is 4.98 Å². The van der Waals surface area contributed by atoms with Crippen LogP contribution < -0.4 is 0 Å². The summed E-state index contributed by atoms with van der Waals surface area (Å²) in [7, 11) is 0. The fraction of sp³-hybridized carbons (Fsp3) is 0.308. The Morgan fingerprint density at radius 2 is 1.94 bits per heavy atom. The first kappa shape index (κ1) is 12.2. The number of hydrogen-bond acceptors (Lipinski definition) is 3. The molecule has 0 unspecified atom stereocenters. The van der Waals surface area contributed by atoms with Crippen LogP contribution in [-0.4, -0.2) is 18.2 Å². The maximum absolute atomic E-state index is 6.19. The van der Waals surface area contributed by atoms with Crippen molar-refractivity contribution >= 4 is 34.1 Å². The highest BCUT2D eigenvalue weighted by molar-refractivity contribution is 6.32. The molecular formula is C13H11Cl2NO2. The molecule has 1 fully saturated rings. The number of nitrogens with zero attached hydrogens (tertiary/aromatic N) is 1. The molecule has 1 aliphatic heterocycles. The van der Waals surface area contributed by atoms with Gasteiger partial charge in [-0.25, -0.2) is 4.98 Å². The highest BCUT2D eigenvalue weighted by Crippen LogP contribution is 2.33. The average Bonchev–Trinajstić information content (AvgIpc) is 2.88. The van der Waals surface area contributed by atoms with E-state index in [4.69, 9.17) is 32.7 Å². The molecule has 1 aliphatic rings. The van der Waals surface area contributed by atoms with Crippen LogP contribution in [0.3, 0.4) is 0 Å². The van der Waals surface area contributed by atoms with Gasteiger partial charge in [-0.05, 0) is 24.6 Å². The molecule has 0 amide bonds. The topological polar surface area (TPSA) is 31.4 Å². The molecule has 2 heterocycles. The number of benzene rings is 1. The van der Waals surface area contributed by atoms with E-state index in [-0.39, 0.29) is 0 Å². The van der Waals surface area contributed by atoms with Crippen LogP contribution in [0, 0.1) is 6.92 Å². The van der Waals surface area contributed by atoms with Gasteiger partial charge in [0.05, 0.1) is 18.7 Å². The van der Waals surface area contributed by atoms with Gasteiger partial charge in [-0.15, -0.1) is 0 Å². The van der Waals surface area contributed by atoms with Crippen LogP contribution in [0.25, 0.3) is 10.9 Å². The molecule has 1 aromatic carbocycles. The van der Waals surface area contributed by atoms with Crippen LogP contribution in [0.15, 0.2) is 18.2 Å². The zero-order valence-corrected chi connectivity index (χ0v) is 11.3. The summed E-state index contributed by atoms with van der Waals surface area (Å²) in [5.74, 6) is 0. The molecule has 0 aliphatic carbocycles. The Hall–Kier alpha value is -0.870. The minimum absolute atomic E-state index is 0.403. The van der Waals surface area contributed by atoms with Crippen molar-refractivity contribution in [2.45, 2.75) is 13.2 Å². The summed E-state index contributed by atoms with van der Waals surface area (Å²) in [6.07, 6.45) is -0.412. The van der Waals surface area contributed by atoms with Gasteiger partial charge in [0.25, 0.3) is 0 Å². The normalized spacial score (nSPS) is 16.6. The summed E-state index contributed by atoms with van der Waals surface area (Å²) >= 11 is 12.3. The van der Waals surface area contributed by atoms with Gasteiger partial charge in [-0.2, -0.15) is 0 Å². The Kier molecular flexibility index (Phi) is 3.16. The largest absolute Gasteiger partial charge is 0.346 e. The zero-order valence-electron chi connectivity index (χ0n) is 9.74. The summed E-state index contributed by atoms with van der Waals surface area (Å²) in [6, 6.07) is 5.73. The van der Waals surface area contributed by atoms with Gasteiger partial charge in [-0.1, -0.05) is 29.3 Å². The van der Waals surface area contributed by atoms with Crippen molar-refractivity contribution in [1.29, 1.82) is 0 Å². The molecule has 0 saturated carbocycles. The molecule has 1 aromatic heterocycles. The van der Waals surface area contributed by atoms with Crippen molar-refractivity contribution < 1.29 is 9.47 Å². The van der Waals surface area contributed by atoms with Gasteiger partial charge >= 0.3 is 0 Å². The first-order valence-corrected chi connectivity index (χ1v) is 6.41. The van der Waals surface area contributed by atoms with Crippen LogP contribution in [0.4, 0.5) is 0 Å². The molecule has 0 N–H and O–H groups in total. The monoisotopic (exact) mass is 283 g/mol. The molecular weight excluding hydrogens is 273 g/mol. The van der Waals surface area contributed by atoms with Gasteiger partial charge in [-0.3, -0.25) is 0 Å². The van der Waals surface area contributed by atoms with Gasteiger partial charge in [0.15, 0.2) is 6.29 Å². The molecule has 0 spiro atoms. The summed E-state index contributed by atoms with van der Waals surface area (Å²) < 4.78 is 10.9. The van der Waals surface area contributed by atoms with Crippen LogP contribution in [0.1, 0.15) is 17.4 Å². The summed E-state index contributed by atoms with van der Waals surface area (Å²) in [5.41, 5.74) is 2.51. The maximum Gasteiger partial charge on any atom is 0.187 e. The molecule has 0 bridgehead atoms. The van der Waals surface area contributed by atoms with E-state index in [1.807, 2.05) is 25.1 Å². The van der Waals surface area contributed by atoms with E-state index < -0.39 is 6.29 Å². The smallest absolute Gasteiger partial charge is 0.187 e. The Balaban J connectivity index is 2.18. The van der Waals surface area contributed by atoms with E-state index in [0.29, 0.717) is 23.4 Å². The van der Waals surface area contributed by atoms with Crippen LogP contribution in [-0.2, 0) is 9.47 Å². The fourth-order valence-electron chi connectivity index (χ4n) is 2.05. The van der Waals surface area contributed by atoms with Crippen molar-refractivity contribution in [2.75, 3.05) is 13.2 Å². The van der Waals surface area contributed by atoms with E-state index in [1.54, 1.807) is 0 Å². The second kappa shape index (κ2) is 4.67. The van der Waals surface area contributed by atoms with Crippen LogP contribution in [0.5, 0.6) is 0 Å². The minimum Gasteiger partial charge on any atom is -0.346 e. The lowest BCUT2D eigenvalue weighted by Gasteiger charge is -2.13. The van der Waals surface area contributed by atoms with Crippen molar-refractivity contribution in [3.05, 3.63) is 39.5 Å². The van der Waals surface area contributed by atoms with E-state index in [2.05, 4.69) is 4.98 Å². The van der Waals surface area contributed by atoms with Crippen molar-refractivity contribution in [2.24, 2.45) is 0 Å². The third-order valence-corrected chi connectivity index (χ3v) is 3.74. The summed E-state index contributed by atoms with van der Waals surface area (Å²) in [6.45, 7) is 3.09. The van der Waals surface area contributed by atoms with Gasteiger partial charge in [0.1, 0.15) is 5.15 Å². The summed E-state index contributed by atoms with van der Waals surface area (Å²) in [4.78, 5) is 4.40. The van der Waals surface area contributed by atoms with Gasteiger partial charge in [0, 0.05) is 16.0 Å². The maximum atomic E-state index is 6.19. The van der Waals surface area contributed by atoms with E-state index >= 15 is 0 Å². The van der Waals surface area contributed by atoms with E-state index in [0.717, 1.165) is 22.0 Å². The summed E-state index contributed by atoms with van der Waals surface area (Å²) in [5, 5.41) is 2.07. The third-order valence-electron chi connectivity index (χ3n) is 3.03. The molecule has 3 nitrogen and oxygen atoms in total. The van der Waals surface area contributed by atoms with Gasteiger partial charge < -0.3 is 9.47 Å². The number of pyridine rings is 1. The quantitative estimate of drug-likeness (QED) is 0.744. The number of aromatic nitrogens is 1. The molecule has 3 rings (SSSR count). The zero-order chi connectivity index (χ0) is 12.7. The molecule has 2 aromatic rings. The second-order valence-corrected chi connectivity index (χ2v) is 4.95. The van der Waals surface area contributed by atoms with E-state index in [1.165, 1.54) is 0 Å². The van der Waals surface area contributed by atoms with Crippen molar-refractivity contribution in [3.8, 4) is 0 Å². The predicted molar refractivity (Wildman–Crippen MR) is 71.1 cm³/mol. The van der Waals surface area contributed by atoms with Crippen LogP contribution in [0.2, 0.25) is 10.2 Å². The Bertz CT molecular complexity index is 609. The lowest BCUT2D eigenvalue weighted by atomic mass is 10.1. The second-order valence-electron chi connectivity index (χ2n) is 4.19. The number of halogens is 2. The third kappa shape index (κ3) is 1.97. The van der Waals surface area contributed by atoms with E-state index in [9.17, 15) is 0 Å². The molecule has 18 heavy (non-hydrogen) atoms. The average molecular weight is 284 g/mol. The first-order chi connectivity index (χ1) is 8.66. The molecule has 0 atom stereocenters. The molecule has 94 valence electrons. The Morgan fingerprint density at radius 3 is 2.67 bits per heavy atom. The molecule has 1 saturated heterocycles. The predicted octanol–water partition coefficient (Wildman–Crippen LogP) is 3.90. The highest BCUT2D eigenvalue weighted by Gasteiger charge is 2.22. The Labute approximate surface area is 115 Å². The van der Waals surface area contributed by atoms with Crippen molar-refractivity contribution in [3.63, 3.8) is 0 Å². The fourth-order valence-corrected chi connectivity index (χ4v) is 2.44. The first-order valence-electron chi connectivity index (χ1n) is 5.65. The number of ether oxygens (including phenoxy) is 2. The molecule has 5 heteroatoms. The highest BCUT2D eigenvalue weighted by atomic mass is 35.5. The molecule has 0 radical (unpaired) electrons. The number of rotatable bonds is 1. The number of fused-ring (bicyclic) bond motifs is 1. The SMILES string of the molecule is Cc1c(Cl)ccc2cc(C3OCCO3)c(Cl)nc12. The van der Waals surface area contributed by atoms with Gasteiger partial charge in [0.2, 0.25) is 0 Å². The number of aryl methyl sites for hydroxylation is 1. The number of hydrogen-bond donors (Lipinski definition) is 0. The lowest BCUT2D eigenvalue weighted by molar-refractivity contribution is -0.0441. The van der Waals surface area contributed by atoms with Crippen LogP contribution >= 0.6 is 23.2 Å².